The molecule has 0 aliphatic heterocycles. The third-order valence-corrected chi connectivity index (χ3v) is 5.07. The van der Waals surface area contributed by atoms with Gasteiger partial charge in [-0.3, -0.25) is 0 Å². The summed E-state index contributed by atoms with van der Waals surface area (Å²) in [6.45, 7) is 2.13. The highest BCUT2D eigenvalue weighted by molar-refractivity contribution is 7.88. The quantitative estimate of drug-likeness (QED) is 0.782. The van der Waals surface area contributed by atoms with Crippen LogP contribution in [-0.4, -0.2) is 18.0 Å². The Morgan fingerprint density at radius 3 is 2.65 bits per heavy atom. The Labute approximate surface area is 136 Å². The molecule has 3 aromatic rings. The number of benzene rings is 2. The van der Waals surface area contributed by atoms with Crippen LogP contribution in [0.1, 0.15) is 17.0 Å². The Hall–Kier alpha value is -2.18. The van der Waals surface area contributed by atoms with Crippen LogP contribution in [0.5, 0.6) is 0 Å². The number of imidazole rings is 1. The van der Waals surface area contributed by atoms with Crippen molar-refractivity contribution in [2.24, 2.45) is 7.05 Å². The molecular weight excluding hydrogens is 310 g/mol. The number of aromatic nitrogens is 2. The topological polar surface area (TPSA) is 64.0 Å². The molecule has 6 heteroatoms. The summed E-state index contributed by atoms with van der Waals surface area (Å²) < 4.78 is 29.1. The predicted molar refractivity (Wildman–Crippen MR) is 91.4 cm³/mol. The highest BCUT2D eigenvalue weighted by Gasteiger charge is 2.14. The molecule has 0 saturated carbocycles. The van der Waals surface area contributed by atoms with Gasteiger partial charge >= 0.3 is 0 Å². The van der Waals surface area contributed by atoms with E-state index in [1.165, 1.54) is 0 Å². The average molecular weight is 329 g/mol. The minimum atomic E-state index is -3.41. The second kappa shape index (κ2) is 6.14. The molecule has 0 aliphatic carbocycles. The van der Waals surface area contributed by atoms with E-state index in [1.54, 1.807) is 0 Å². The first-order valence-electron chi connectivity index (χ1n) is 7.38. The maximum absolute atomic E-state index is 12.3. The third kappa shape index (κ3) is 3.60. The van der Waals surface area contributed by atoms with Crippen LogP contribution < -0.4 is 4.72 Å². The van der Waals surface area contributed by atoms with Gasteiger partial charge < -0.3 is 4.57 Å². The Bertz CT molecular complexity index is 945. The number of nitrogens with one attached hydrogen (secondary N) is 1. The standard InChI is InChI=1S/C17H19N3O2S/c1-13-6-5-7-14(10-13)12-23(21,22)18-11-17-19-15-8-3-4-9-16(15)20(17)2/h3-10,18H,11-12H2,1-2H3. The van der Waals surface area contributed by atoms with Crippen LogP contribution in [0.15, 0.2) is 48.5 Å². The van der Waals surface area contributed by atoms with Crippen molar-refractivity contribution in [3.63, 3.8) is 0 Å². The molecule has 0 saturated heterocycles. The smallest absolute Gasteiger partial charge is 0.216 e. The molecule has 1 N–H and O–H groups in total. The molecule has 0 bridgehead atoms. The van der Waals surface area contributed by atoms with Gasteiger partial charge in [0.2, 0.25) is 10.0 Å². The molecule has 0 aliphatic rings. The van der Waals surface area contributed by atoms with Crippen molar-refractivity contribution in [3.05, 3.63) is 65.5 Å². The Morgan fingerprint density at radius 2 is 1.91 bits per heavy atom. The molecule has 23 heavy (non-hydrogen) atoms. The fourth-order valence-electron chi connectivity index (χ4n) is 2.60. The van der Waals surface area contributed by atoms with E-state index >= 15 is 0 Å². The van der Waals surface area contributed by atoms with Crippen molar-refractivity contribution < 1.29 is 8.42 Å². The molecule has 0 atom stereocenters. The third-order valence-electron chi connectivity index (χ3n) is 3.77. The van der Waals surface area contributed by atoms with E-state index in [9.17, 15) is 8.42 Å². The summed E-state index contributed by atoms with van der Waals surface area (Å²) in [5, 5.41) is 0. The molecule has 3 rings (SSSR count). The lowest BCUT2D eigenvalue weighted by molar-refractivity contribution is 0.577. The SMILES string of the molecule is Cc1cccc(CS(=O)(=O)NCc2nc3ccccc3n2C)c1. The monoisotopic (exact) mass is 329 g/mol. The van der Waals surface area contributed by atoms with Crippen LogP contribution in [-0.2, 0) is 29.4 Å². The second-order valence-corrected chi connectivity index (χ2v) is 7.45. The summed E-state index contributed by atoms with van der Waals surface area (Å²) in [5.74, 6) is 0.664. The van der Waals surface area contributed by atoms with Gasteiger partial charge in [-0.25, -0.2) is 18.1 Å². The number of sulfonamides is 1. The maximum atomic E-state index is 12.3. The minimum absolute atomic E-state index is 0.0291. The largest absolute Gasteiger partial charge is 0.330 e. The van der Waals surface area contributed by atoms with Gasteiger partial charge in [0.05, 0.1) is 23.3 Å². The lowest BCUT2D eigenvalue weighted by Crippen LogP contribution is -2.26. The lowest BCUT2D eigenvalue weighted by atomic mass is 10.2. The molecule has 1 aromatic heterocycles. The number of rotatable bonds is 5. The predicted octanol–water partition coefficient (Wildman–Crippen LogP) is 2.50. The number of aryl methyl sites for hydroxylation is 2. The normalized spacial score (nSPS) is 11.9. The second-order valence-electron chi connectivity index (χ2n) is 5.65. The number of nitrogens with zero attached hydrogens (tertiary/aromatic N) is 2. The Kier molecular flexibility index (Phi) is 4.19. The molecule has 0 spiro atoms. The van der Waals surface area contributed by atoms with Crippen molar-refractivity contribution in [1.29, 1.82) is 0 Å². The lowest BCUT2D eigenvalue weighted by Gasteiger charge is -2.07. The molecule has 120 valence electrons. The van der Waals surface area contributed by atoms with Gasteiger partial charge in [0.1, 0.15) is 5.82 Å². The molecule has 1 heterocycles. The summed E-state index contributed by atoms with van der Waals surface area (Å²) >= 11 is 0. The number of hydrogen-bond donors (Lipinski definition) is 1. The fraction of sp³-hybridized carbons (Fsp3) is 0.235. The Morgan fingerprint density at radius 1 is 1.13 bits per heavy atom. The summed E-state index contributed by atoms with van der Waals surface area (Å²) in [7, 11) is -1.52. The molecule has 0 amide bonds. The number of hydrogen-bond acceptors (Lipinski definition) is 3. The van der Waals surface area contributed by atoms with Crippen molar-refractivity contribution >= 4 is 21.1 Å². The van der Waals surface area contributed by atoms with E-state index in [0.717, 1.165) is 22.2 Å². The van der Waals surface area contributed by atoms with E-state index < -0.39 is 10.0 Å². The zero-order valence-electron chi connectivity index (χ0n) is 13.2. The van der Waals surface area contributed by atoms with Gasteiger partial charge in [-0.05, 0) is 24.6 Å². The zero-order chi connectivity index (χ0) is 16.4. The van der Waals surface area contributed by atoms with Gasteiger partial charge in [-0.15, -0.1) is 0 Å². The van der Waals surface area contributed by atoms with Gasteiger partial charge in [0, 0.05) is 7.05 Å². The van der Waals surface area contributed by atoms with Crippen LogP contribution >= 0.6 is 0 Å². The van der Waals surface area contributed by atoms with Crippen LogP contribution in [0.25, 0.3) is 11.0 Å². The minimum Gasteiger partial charge on any atom is -0.330 e. The van der Waals surface area contributed by atoms with Crippen molar-refractivity contribution in [2.45, 2.75) is 19.2 Å². The maximum Gasteiger partial charge on any atom is 0.216 e. The first kappa shape index (κ1) is 15.7. The van der Waals surface area contributed by atoms with Gasteiger partial charge in [-0.1, -0.05) is 42.0 Å². The summed E-state index contributed by atoms with van der Waals surface area (Å²) in [6, 6.07) is 15.3. The van der Waals surface area contributed by atoms with E-state index in [1.807, 2.05) is 67.1 Å². The molecular formula is C17H19N3O2S. The summed E-state index contributed by atoms with van der Waals surface area (Å²) in [5.41, 5.74) is 3.68. The van der Waals surface area contributed by atoms with Crippen molar-refractivity contribution in [3.8, 4) is 0 Å². The van der Waals surface area contributed by atoms with Crippen molar-refractivity contribution in [2.75, 3.05) is 0 Å². The Balaban J connectivity index is 1.74. The molecule has 2 aromatic carbocycles. The van der Waals surface area contributed by atoms with Gasteiger partial charge in [0.25, 0.3) is 0 Å². The number of para-hydroxylation sites is 2. The summed E-state index contributed by atoms with van der Waals surface area (Å²) in [4.78, 5) is 4.47. The average Bonchev–Trinajstić information content (AvgIpc) is 2.82. The van der Waals surface area contributed by atoms with Crippen LogP contribution in [0.2, 0.25) is 0 Å². The van der Waals surface area contributed by atoms with Crippen LogP contribution in [0, 0.1) is 6.92 Å². The van der Waals surface area contributed by atoms with Crippen LogP contribution in [0.4, 0.5) is 0 Å². The highest BCUT2D eigenvalue weighted by Crippen LogP contribution is 2.14. The van der Waals surface area contributed by atoms with Gasteiger partial charge in [0.15, 0.2) is 0 Å². The first-order chi connectivity index (χ1) is 10.9. The van der Waals surface area contributed by atoms with Crippen molar-refractivity contribution in [1.82, 2.24) is 14.3 Å². The molecule has 0 unspecified atom stereocenters. The number of fused-ring (bicyclic) bond motifs is 1. The van der Waals surface area contributed by atoms with E-state index in [4.69, 9.17) is 0 Å². The first-order valence-corrected chi connectivity index (χ1v) is 9.03. The van der Waals surface area contributed by atoms with E-state index in [2.05, 4.69) is 9.71 Å². The molecule has 0 radical (unpaired) electrons. The summed E-state index contributed by atoms with van der Waals surface area (Å²) in [6.07, 6.45) is 0. The fourth-order valence-corrected chi connectivity index (χ4v) is 3.67. The molecule has 5 nitrogen and oxygen atoms in total. The van der Waals surface area contributed by atoms with E-state index in [-0.39, 0.29) is 12.3 Å². The molecule has 0 fully saturated rings. The van der Waals surface area contributed by atoms with Crippen LogP contribution in [0.3, 0.4) is 0 Å². The van der Waals surface area contributed by atoms with Gasteiger partial charge in [-0.2, -0.15) is 0 Å². The highest BCUT2D eigenvalue weighted by atomic mass is 32.2. The zero-order valence-corrected chi connectivity index (χ0v) is 14.0. The van der Waals surface area contributed by atoms with E-state index in [0.29, 0.717) is 5.82 Å².